The van der Waals surface area contributed by atoms with Crippen LogP contribution in [0.15, 0.2) is 66.7 Å². The van der Waals surface area contributed by atoms with Crippen molar-refractivity contribution in [3.8, 4) is 0 Å². The smallest absolute Gasteiger partial charge is 0.227 e. The van der Waals surface area contributed by atoms with Crippen molar-refractivity contribution in [2.24, 2.45) is 0 Å². The maximum absolute atomic E-state index is 12.8. The number of carbonyl (C=O) groups is 2. The molecule has 3 aromatic carbocycles. The molecular weight excluding hydrogens is 348 g/mol. The predicted molar refractivity (Wildman–Crippen MR) is 113 cm³/mol. The first-order valence-corrected chi connectivity index (χ1v) is 9.72. The van der Waals surface area contributed by atoms with Gasteiger partial charge in [-0.3, -0.25) is 9.59 Å². The van der Waals surface area contributed by atoms with Crippen molar-refractivity contribution < 1.29 is 9.59 Å². The molecule has 0 atom stereocenters. The van der Waals surface area contributed by atoms with E-state index >= 15 is 0 Å². The summed E-state index contributed by atoms with van der Waals surface area (Å²) in [5, 5.41) is 2.33. The molecule has 1 heterocycles. The molecule has 0 bridgehead atoms. The zero-order chi connectivity index (χ0) is 19.5. The van der Waals surface area contributed by atoms with Gasteiger partial charge >= 0.3 is 0 Å². The van der Waals surface area contributed by atoms with E-state index < -0.39 is 0 Å². The Labute approximate surface area is 165 Å². The lowest BCUT2D eigenvalue weighted by Crippen LogP contribution is -2.49. The first kappa shape index (κ1) is 18.2. The van der Waals surface area contributed by atoms with E-state index in [2.05, 4.69) is 23.1 Å². The summed E-state index contributed by atoms with van der Waals surface area (Å²) in [4.78, 5) is 28.5. The second kappa shape index (κ2) is 7.85. The molecule has 3 aromatic rings. The fraction of sp³-hybridized carbons (Fsp3) is 0.250. The van der Waals surface area contributed by atoms with Gasteiger partial charge in [0.2, 0.25) is 5.91 Å². The number of Topliss-reactive ketones (excluding diaryl/α,β-unsaturated/α-hetero) is 1. The molecule has 0 radical (unpaired) electrons. The number of fused-ring (bicyclic) bond motifs is 1. The lowest BCUT2D eigenvalue weighted by molar-refractivity contribution is -0.130. The molecule has 4 heteroatoms. The molecule has 4 nitrogen and oxygen atoms in total. The number of piperazine rings is 1. The Bertz CT molecular complexity index is 997. The number of anilines is 1. The first-order chi connectivity index (χ1) is 13.6. The van der Waals surface area contributed by atoms with Gasteiger partial charge in [-0.05, 0) is 47.5 Å². The molecule has 1 fully saturated rings. The number of hydrogen-bond donors (Lipinski definition) is 0. The molecule has 1 amide bonds. The van der Waals surface area contributed by atoms with Crippen molar-refractivity contribution in [1.82, 2.24) is 4.90 Å². The molecule has 0 unspecified atom stereocenters. The highest BCUT2D eigenvalue weighted by Gasteiger charge is 2.22. The highest BCUT2D eigenvalue weighted by atomic mass is 16.2. The van der Waals surface area contributed by atoms with Crippen LogP contribution in [0.1, 0.15) is 22.8 Å². The van der Waals surface area contributed by atoms with Gasteiger partial charge < -0.3 is 9.80 Å². The van der Waals surface area contributed by atoms with Crippen LogP contribution in [-0.2, 0) is 11.2 Å². The van der Waals surface area contributed by atoms with Crippen molar-refractivity contribution >= 4 is 28.2 Å². The Morgan fingerprint density at radius 2 is 1.50 bits per heavy atom. The van der Waals surface area contributed by atoms with Crippen LogP contribution in [0.4, 0.5) is 5.69 Å². The summed E-state index contributed by atoms with van der Waals surface area (Å²) in [6, 6.07) is 22.1. The Balaban J connectivity index is 1.39. The Morgan fingerprint density at radius 1 is 0.821 bits per heavy atom. The van der Waals surface area contributed by atoms with E-state index in [-0.39, 0.29) is 11.7 Å². The second-order valence-corrected chi connectivity index (χ2v) is 7.29. The molecule has 4 rings (SSSR count). The third-order valence-electron chi connectivity index (χ3n) is 5.49. The number of amides is 1. The minimum absolute atomic E-state index is 0.0791. The fourth-order valence-electron chi connectivity index (χ4n) is 3.84. The molecular formula is C24H24N2O2. The number of carbonyl (C=O) groups excluding carboxylic acids is 2. The van der Waals surface area contributed by atoms with E-state index in [9.17, 15) is 9.59 Å². The number of ketones is 1. The highest BCUT2D eigenvalue weighted by molar-refractivity contribution is 5.94. The maximum atomic E-state index is 12.8. The summed E-state index contributed by atoms with van der Waals surface area (Å²) >= 11 is 0. The third kappa shape index (κ3) is 3.77. The SMILES string of the molecule is CC(=O)c1ccc(N2CCN(C(=O)Cc3cccc4ccccc34)CC2)cc1. The maximum Gasteiger partial charge on any atom is 0.227 e. The average molecular weight is 372 g/mol. The van der Waals surface area contributed by atoms with E-state index in [1.165, 1.54) is 5.39 Å². The van der Waals surface area contributed by atoms with Gasteiger partial charge in [-0.15, -0.1) is 0 Å². The lowest BCUT2D eigenvalue weighted by atomic mass is 10.0. The van der Waals surface area contributed by atoms with Crippen LogP contribution in [0.5, 0.6) is 0 Å². The zero-order valence-corrected chi connectivity index (χ0v) is 16.1. The molecule has 0 aromatic heterocycles. The molecule has 1 aliphatic heterocycles. The van der Waals surface area contributed by atoms with E-state index in [4.69, 9.17) is 0 Å². The third-order valence-corrected chi connectivity index (χ3v) is 5.49. The normalized spacial score (nSPS) is 14.3. The van der Waals surface area contributed by atoms with Crippen LogP contribution in [0.25, 0.3) is 10.8 Å². The summed E-state index contributed by atoms with van der Waals surface area (Å²) in [5.74, 6) is 0.262. The van der Waals surface area contributed by atoms with Crippen LogP contribution in [0.2, 0.25) is 0 Å². The molecule has 0 N–H and O–H groups in total. The lowest BCUT2D eigenvalue weighted by Gasteiger charge is -2.36. The minimum atomic E-state index is 0.0791. The van der Waals surface area contributed by atoms with Crippen LogP contribution in [0.3, 0.4) is 0 Å². The van der Waals surface area contributed by atoms with E-state index in [0.717, 1.165) is 48.4 Å². The standard InChI is InChI=1S/C24H24N2O2/c1-18(27)19-9-11-22(12-10-19)25-13-15-26(16-14-25)24(28)17-21-7-4-6-20-5-2-3-8-23(20)21/h2-12H,13-17H2,1H3. The van der Waals surface area contributed by atoms with Crippen molar-refractivity contribution in [2.45, 2.75) is 13.3 Å². The number of benzene rings is 3. The summed E-state index contributed by atoms with van der Waals surface area (Å²) in [6.07, 6.45) is 0.439. The summed E-state index contributed by atoms with van der Waals surface area (Å²) in [5.41, 5.74) is 2.92. The van der Waals surface area contributed by atoms with Gasteiger partial charge in [-0.1, -0.05) is 42.5 Å². The topological polar surface area (TPSA) is 40.6 Å². The largest absolute Gasteiger partial charge is 0.368 e. The van der Waals surface area contributed by atoms with Gasteiger partial charge in [0.05, 0.1) is 6.42 Å². The van der Waals surface area contributed by atoms with Crippen molar-refractivity contribution in [2.75, 3.05) is 31.1 Å². The number of hydrogen-bond acceptors (Lipinski definition) is 3. The first-order valence-electron chi connectivity index (χ1n) is 9.72. The van der Waals surface area contributed by atoms with Crippen molar-refractivity contribution in [3.63, 3.8) is 0 Å². The summed E-state index contributed by atoms with van der Waals surface area (Å²) < 4.78 is 0. The molecule has 0 aliphatic carbocycles. The van der Waals surface area contributed by atoms with Crippen LogP contribution in [0, 0.1) is 0 Å². The van der Waals surface area contributed by atoms with E-state index in [1.807, 2.05) is 53.4 Å². The number of rotatable bonds is 4. The van der Waals surface area contributed by atoms with Gasteiger partial charge in [-0.2, -0.15) is 0 Å². The highest BCUT2D eigenvalue weighted by Crippen LogP contribution is 2.21. The average Bonchev–Trinajstić information content (AvgIpc) is 2.74. The second-order valence-electron chi connectivity index (χ2n) is 7.29. The quantitative estimate of drug-likeness (QED) is 0.652. The van der Waals surface area contributed by atoms with Gasteiger partial charge in [0.15, 0.2) is 5.78 Å². The Hall–Kier alpha value is -3.14. The van der Waals surface area contributed by atoms with Gasteiger partial charge in [0.25, 0.3) is 0 Å². The minimum Gasteiger partial charge on any atom is -0.368 e. The van der Waals surface area contributed by atoms with Crippen molar-refractivity contribution in [3.05, 3.63) is 77.9 Å². The fourth-order valence-corrected chi connectivity index (χ4v) is 3.84. The van der Waals surface area contributed by atoms with E-state index in [0.29, 0.717) is 6.42 Å². The van der Waals surface area contributed by atoms with E-state index in [1.54, 1.807) is 6.92 Å². The van der Waals surface area contributed by atoms with Crippen LogP contribution < -0.4 is 4.90 Å². The van der Waals surface area contributed by atoms with Gasteiger partial charge in [-0.25, -0.2) is 0 Å². The molecule has 0 saturated carbocycles. The van der Waals surface area contributed by atoms with Crippen LogP contribution in [-0.4, -0.2) is 42.8 Å². The molecule has 1 saturated heterocycles. The summed E-state index contributed by atoms with van der Waals surface area (Å²) in [7, 11) is 0. The predicted octanol–water partition coefficient (Wildman–Crippen LogP) is 3.93. The molecule has 0 spiro atoms. The van der Waals surface area contributed by atoms with Crippen molar-refractivity contribution in [1.29, 1.82) is 0 Å². The summed E-state index contributed by atoms with van der Waals surface area (Å²) in [6.45, 7) is 4.63. The van der Waals surface area contributed by atoms with Gasteiger partial charge in [0, 0.05) is 37.4 Å². The Morgan fingerprint density at radius 3 is 2.21 bits per heavy atom. The molecule has 28 heavy (non-hydrogen) atoms. The number of nitrogens with zero attached hydrogens (tertiary/aromatic N) is 2. The van der Waals surface area contributed by atoms with Crippen LogP contribution >= 0.6 is 0 Å². The monoisotopic (exact) mass is 372 g/mol. The zero-order valence-electron chi connectivity index (χ0n) is 16.1. The molecule has 142 valence electrons. The van der Waals surface area contributed by atoms with Gasteiger partial charge in [0.1, 0.15) is 0 Å². The Kier molecular flexibility index (Phi) is 5.11. The molecule has 1 aliphatic rings.